The molecule has 0 saturated heterocycles. The molecule has 0 fully saturated rings. The average Bonchev–Trinajstić information content (AvgIpc) is 2.85. The van der Waals surface area contributed by atoms with Gasteiger partial charge >= 0.3 is 12.1 Å². The zero-order chi connectivity index (χ0) is 27.6. The van der Waals surface area contributed by atoms with Crippen LogP contribution in [0.15, 0.2) is 63.8 Å². The van der Waals surface area contributed by atoms with Crippen LogP contribution in [0, 0.1) is 13.8 Å². The Bertz CT molecular complexity index is 1550. The molecule has 4 rings (SSSR count). The van der Waals surface area contributed by atoms with Crippen LogP contribution in [0.5, 0.6) is 23.0 Å². The summed E-state index contributed by atoms with van der Waals surface area (Å²) in [5.41, 5.74) is -0.159. The van der Waals surface area contributed by atoms with Gasteiger partial charge in [0.1, 0.15) is 17.1 Å². The van der Waals surface area contributed by atoms with E-state index < -0.39 is 41.1 Å². The van der Waals surface area contributed by atoms with Gasteiger partial charge in [-0.2, -0.15) is 13.2 Å². The highest BCUT2D eigenvalue weighted by molar-refractivity contribution is 5.85. The Morgan fingerprint density at radius 2 is 1.55 bits per heavy atom. The molecule has 1 aromatic heterocycles. The van der Waals surface area contributed by atoms with Gasteiger partial charge in [-0.25, -0.2) is 4.79 Å². The lowest BCUT2D eigenvalue weighted by molar-refractivity contribution is -0.152. The molecule has 0 spiro atoms. The molecule has 0 amide bonds. The lowest BCUT2D eigenvalue weighted by atomic mass is 10.0. The van der Waals surface area contributed by atoms with Crippen molar-refractivity contribution >= 4 is 16.9 Å². The van der Waals surface area contributed by atoms with Crippen molar-refractivity contribution in [3.8, 4) is 34.1 Å². The van der Waals surface area contributed by atoms with E-state index in [0.717, 1.165) is 17.2 Å². The molecule has 0 unspecified atom stereocenters. The number of alkyl halides is 3. The first kappa shape index (κ1) is 26.6. The third-order valence-corrected chi connectivity index (χ3v) is 5.58. The fraction of sp³-hybridized carbons (Fsp3) is 0.214. The van der Waals surface area contributed by atoms with Gasteiger partial charge in [-0.3, -0.25) is 4.79 Å². The van der Waals surface area contributed by atoms with Gasteiger partial charge in [0.15, 0.2) is 18.1 Å². The minimum Gasteiger partial charge on any atom is -0.493 e. The first-order valence-electron chi connectivity index (χ1n) is 11.3. The summed E-state index contributed by atoms with van der Waals surface area (Å²) >= 11 is 0. The highest BCUT2D eigenvalue weighted by Crippen LogP contribution is 2.40. The van der Waals surface area contributed by atoms with Crippen LogP contribution in [-0.2, 0) is 11.0 Å². The molecule has 0 N–H and O–H groups in total. The van der Waals surface area contributed by atoms with Crippen molar-refractivity contribution in [3.05, 3.63) is 81.7 Å². The molecular formula is C28H23F3O7. The molecule has 4 aromatic rings. The van der Waals surface area contributed by atoms with Gasteiger partial charge in [-0.1, -0.05) is 12.1 Å². The number of esters is 1. The summed E-state index contributed by atoms with van der Waals surface area (Å²) < 4.78 is 68.2. The van der Waals surface area contributed by atoms with Crippen LogP contribution in [-0.4, -0.2) is 26.8 Å². The molecule has 7 nitrogen and oxygen atoms in total. The van der Waals surface area contributed by atoms with E-state index >= 15 is 0 Å². The Hall–Kier alpha value is -4.47. The van der Waals surface area contributed by atoms with Crippen molar-refractivity contribution in [2.75, 3.05) is 20.8 Å². The summed E-state index contributed by atoms with van der Waals surface area (Å²) in [6, 6.07) is 13.0. The van der Waals surface area contributed by atoms with Crippen molar-refractivity contribution in [1.82, 2.24) is 0 Å². The molecule has 38 heavy (non-hydrogen) atoms. The average molecular weight is 528 g/mol. The number of aryl methyl sites for hydroxylation is 2. The van der Waals surface area contributed by atoms with Crippen LogP contribution in [0.4, 0.5) is 13.2 Å². The summed E-state index contributed by atoms with van der Waals surface area (Å²) in [7, 11) is 2.70. The van der Waals surface area contributed by atoms with E-state index in [1.165, 1.54) is 44.6 Å². The quantitative estimate of drug-likeness (QED) is 0.212. The number of benzene rings is 3. The van der Waals surface area contributed by atoms with E-state index in [1.807, 2.05) is 19.9 Å². The zero-order valence-electron chi connectivity index (χ0n) is 20.9. The Morgan fingerprint density at radius 3 is 2.18 bits per heavy atom. The van der Waals surface area contributed by atoms with Crippen molar-refractivity contribution < 1.29 is 41.3 Å². The Labute approximate surface area is 215 Å². The molecule has 0 aliphatic heterocycles. The summed E-state index contributed by atoms with van der Waals surface area (Å²) in [4.78, 5) is 25.5. The van der Waals surface area contributed by atoms with Gasteiger partial charge in [0, 0.05) is 6.07 Å². The number of rotatable bonds is 7. The smallest absolute Gasteiger partial charge is 0.450 e. The number of halogens is 3. The zero-order valence-corrected chi connectivity index (χ0v) is 20.9. The number of ether oxygens (including phenoxy) is 4. The predicted molar refractivity (Wildman–Crippen MR) is 133 cm³/mol. The van der Waals surface area contributed by atoms with Crippen LogP contribution in [0.25, 0.3) is 22.1 Å². The maximum Gasteiger partial charge on any atom is 0.450 e. The van der Waals surface area contributed by atoms with Crippen LogP contribution >= 0.6 is 0 Å². The van der Waals surface area contributed by atoms with E-state index in [2.05, 4.69) is 0 Å². The number of methoxy groups -OCH3 is 2. The molecule has 198 valence electrons. The summed E-state index contributed by atoms with van der Waals surface area (Å²) in [5, 5.41) is -0.130. The Balaban J connectivity index is 1.68. The third-order valence-electron chi connectivity index (χ3n) is 5.58. The van der Waals surface area contributed by atoms with Gasteiger partial charge in [0.2, 0.25) is 11.2 Å². The van der Waals surface area contributed by atoms with Crippen molar-refractivity contribution in [1.29, 1.82) is 0 Å². The van der Waals surface area contributed by atoms with Gasteiger partial charge in [0.05, 0.1) is 25.2 Å². The second kappa shape index (κ2) is 10.5. The molecule has 10 heteroatoms. The minimum atomic E-state index is -5.00. The topological polar surface area (TPSA) is 84.2 Å². The van der Waals surface area contributed by atoms with Crippen LogP contribution < -0.4 is 24.4 Å². The molecule has 1 heterocycles. The number of hydrogen-bond donors (Lipinski definition) is 0. The van der Waals surface area contributed by atoms with Crippen molar-refractivity contribution in [2.45, 2.75) is 20.0 Å². The number of carbonyl (C=O) groups excluding carboxylic acids is 1. The van der Waals surface area contributed by atoms with Crippen molar-refractivity contribution in [3.63, 3.8) is 0 Å². The van der Waals surface area contributed by atoms with Gasteiger partial charge in [-0.05, 0) is 66.9 Å². The normalized spacial score (nSPS) is 11.3. The third kappa shape index (κ3) is 5.59. The highest BCUT2D eigenvalue weighted by Gasteiger charge is 2.39. The standard InChI is InChI=1S/C28H23F3O7/c1-15-9-16(2)11-19(10-15)36-14-24(32)37-18-6-7-20-22(13-18)38-27(28(29,30)31)25(26(20)33)17-5-8-21(34-3)23(12-17)35-4/h5-13H,14H2,1-4H3. The summed E-state index contributed by atoms with van der Waals surface area (Å²) in [6.45, 7) is 3.33. The molecule has 0 saturated carbocycles. The molecule has 0 atom stereocenters. The van der Waals surface area contributed by atoms with Gasteiger partial charge in [0.25, 0.3) is 0 Å². The molecule has 0 aliphatic carbocycles. The predicted octanol–water partition coefficient (Wildman–Crippen LogP) is 6.10. The monoisotopic (exact) mass is 528 g/mol. The second-order valence-corrected chi connectivity index (χ2v) is 8.45. The molecule has 3 aromatic carbocycles. The van der Waals surface area contributed by atoms with Crippen LogP contribution in [0.3, 0.4) is 0 Å². The van der Waals surface area contributed by atoms with E-state index in [9.17, 15) is 22.8 Å². The number of carbonyl (C=O) groups is 1. The van der Waals surface area contributed by atoms with Crippen molar-refractivity contribution in [2.24, 2.45) is 0 Å². The van der Waals surface area contributed by atoms with Gasteiger partial charge in [-0.15, -0.1) is 0 Å². The maximum absolute atomic E-state index is 14.0. The number of fused-ring (bicyclic) bond motifs is 1. The largest absolute Gasteiger partial charge is 0.493 e. The molecule has 0 aliphatic rings. The maximum atomic E-state index is 14.0. The van der Waals surface area contributed by atoms with E-state index in [0.29, 0.717) is 5.75 Å². The first-order chi connectivity index (χ1) is 18.0. The lowest BCUT2D eigenvalue weighted by Gasteiger charge is -2.15. The first-order valence-corrected chi connectivity index (χ1v) is 11.3. The van der Waals surface area contributed by atoms with E-state index in [1.54, 1.807) is 12.1 Å². The molecule has 0 radical (unpaired) electrons. The lowest BCUT2D eigenvalue weighted by Crippen LogP contribution is -2.18. The SMILES string of the molecule is COc1ccc(-c2c(C(F)(F)F)oc3cc(OC(=O)COc4cc(C)cc(C)c4)ccc3c2=O)cc1OC. The minimum absolute atomic E-state index is 0.0651. The van der Waals surface area contributed by atoms with Gasteiger partial charge < -0.3 is 23.4 Å². The summed E-state index contributed by atoms with van der Waals surface area (Å²) in [5.74, 6) is -1.50. The fourth-order valence-electron chi connectivity index (χ4n) is 4.01. The second-order valence-electron chi connectivity index (χ2n) is 8.45. The highest BCUT2D eigenvalue weighted by atomic mass is 19.4. The molecular weight excluding hydrogens is 505 g/mol. The van der Waals surface area contributed by atoms with E-state index in [-0.39, 0.29) is 28.2 Å². The van der Waals surface area contributed by atoms with E-state index in [4.69, 9.17) is 23.4 Å². The summed E-state index contributed by atoms with van der Waals surface area (Å²) in [6.07, 6.45) is -5.00. The Kier molecular flexibility index (Phi) is 7.34. The molecule has 0 bridgehead atoms. The van der Waals surface area contributed by atoms with Crippen LogP contribution in [0.1, 0.15) is 16.9 Å². The van der Waals surface area contributed by atoms with Crippen LogP contribution in [0.2, 0.25) is 0 Å². The Morgan fingerprint density at radius 1 is 0.868 bits per heavy atom. The number of hydrogen-bond acceptors (Lipinski definition) is 7. The fourth-order valence-corrected chi connectivity index (χ4v) is 4.01.